The largest absolute Gasteiger partial charge is 0.393 e. The fourth-order valence-corrected chi connectivity index (χ4v) is 1.07. The Labute approximate surface area is 67.9 Å². The Bertz CT molecular complexity index is 170. The van der Waals surface area contributed by atoms with Gasteiger partial charge in [0, 0.05) is 0 Å². The van der Waals surface area contributed by atoms with Gasteiger partial charge >= 0.3 is 0 Å². The summed E-state index contributed by atoms with van der Waals surface area (Å²) in [6, 6.07) is 0. The molecule has 0 spiro atoms. The number of epoxide rings is 1. The van der Waals surface area contributed by atoms with E-state index in [2.05, 4.69) is 19.9 Å². The Morgan fingerprint density at radius 2 is 2.27 bits per heavy atom. The van der Waals surface area contributed by atoms with Gasteiger partial charge in [-0.3, -0.25) is 0 Å². The van der Waals surface area contributed by atoms with Gasteiger partial charge in [0.15, 0.2) is 0 Å². The lowest BCUT2D eigenvalue weighted by Gasteiger charge is -1.97. The van der Waals surface area contributed by atoms with Crippen LogP contribution in [0.1, 0.15) is 27.2 Å². The lowest BCUT2D eigenvalue weighted by Crippen LogP contribution is -2.14. The molecule has 2 nitrogen and oxygen atoms in total. The second-order valence-corrected chi connectivity index (χ2v) is 3.59. The maximum absolute atomic E-state index is 8.86. The topological polar surface area (TPSA) is 32.8 Å². The van der Waals surface area contributed by atoms with Crippen molar-refractivity contribution in [2.24, 2.45) is 0 Å². The quantitative estimate of drug-likeness (QED) is 0.496. The van der Waals surface area contributed by atoms with Gasteiger partial charge in [-0.1, -0.05) is 11.6 Å². The van der Waals surface area contributed by atoms with Crippen LogP contribution in [0.5, 0.6) is 0 Å². The van der Waals surface area contributed by atoms with Crippen LogP contribution in [-0.4, -0.2) is 23.4 Å². The molecular formula is C9H16O2. The van der Waals surface area contributed by atoms with Gasteiger partial charge in [-0.25, -0.2) is 0 Å². The average molecular weight is 156 g/mol. The van der Waals surface area contributed by atoms with E-state index in [1.54, 1.807) is 0 Å². The van der Waals surface area contributed by atoms with Crippen molar-refractivity contribution in [2.45, 2.75) is 38.9 Å². The van der Waals surface area contributed by atoms with Gasteiger partial charge in [-0.15, -0.1) is 0 Å². The molecule has 2 heteroatoms. The van der Waals surface area contributed by atoms with Crippen molar-refractivity contribution in [1.82, 2.24) is 0 Å². The third kappa shape index (κ3) is 2.04. The van der Waals surface area contributed by atoms with E-state index in [-0.39, 0.29) is 18.3 Å². The van der Waals surface area contributed by atoms with Crippen molar-refractivity contribution < 1.29 is 9.84 Å². The highest BCUT2D eigenvalue weighted by atomic mass is 16.6. The predicted molar refractivity (Wildman–Crippen MR) is 44.4 cm³/mol. The minimum absolute atomic E-state index is 0.133. The number of aliphatic hydroxyl groups excluding tert-OH is 1. The van der Waals surface area contributed by atoms with Crippen LogP contribution in [0.3, 0.4) is 0 Å². The van der Waals surface area contributed by atoms with Crippen LogP contribution in [-0.2, 0) is 4.74 Å². The number of hydrogen-bond acceptors (Lipinski definition) is 2. The molecule has 1 saturated heterocycles. The molecule has 0 aliphatic carbocycles. The van der Waals surface area contributed by atoms with Crippen LogP contribution in [0.4, 0.5) is 0 Å². The molecule has 0 aromatic heterocycles. The number of aliphatic hydroxyl groups is 1. The first-order valence-electron chi connectivity index (χ1n) is 4.00. The number of allylic oxidation sites excluding steroid dienone is 1. The molecule has 1 heterocycles. The lowest BCUT2D eigenvalue weighted by molar-refractivity contribution is 0.184. The monoisotopic (exact) mass is 156 g/mol. The summed E-state index contributed by atoms with van der Waals surface area (Å²) < 4.78 is 5.31. The highest BCUT2D eigenvalue weighted by Crippen LogP contribution is 2.38. The molecule has 0 amide bonds. The van der Waals surface area contributed by atoms with Crippen molar-refractivity contribution in [3.05, 3.63) is 11.6 Å². The SMILES string of the molecule is CC(C)=CCC1OC1(C)CO. The zero-order valence-electron chi connectivity index (χ0n) is 7.42. The highest BCUT2D eigenvalue weighted by Gasteiger charge is 2.50. The molecule has 1 N–H and O–H groups in total. The van der Waals surface area contributed by atoms with Crippen LogP contribution < -0.4 is 0 Å². The molecule has 2 atom stereocenters. The first kappa shape index (κ1) is 8.75. The Kier molecular flexibility index (Phi) is 2.35. The predicted octanol–water partition coefficient (Wildman–Crippen LogP) is 1.49. The van der Waals surface area contributed by atoms with E-state index in [4.69, 9.17) is 9.84 Å². The summed E-state index contributed by atoms with van der Waals surface area (Å²) in [4.78, 5) is 0. The van der Waals surface area contributed by atoms with Crippen LogP contribution >= 0.6 is 0 Å². The molecule has 0 aromatic carbocycles. The molecule has 0 radical (unpaired) electrons. The molecule has 1 aliphatic rings. The van der Waals surface area contributed by atoms with E-state index in [1.165, 1.54) is 5.57 Å². The van der Waals surface area contributed by atoms with E-state index in [1.807, 2.05) is 6.92 Å². The van der Waals surface area contributed by atoms with Crippen LogP contribution in [0, 0.1) is 0 Å². The van der Waals surface area contributed by atoms with Gasteiger partial charge < -0.3 is 9.84 Å². The minimum atomic E-state index is -0.244. The van der Waals surface area contributed by atoms with Gasteiger partial charge in [-0.2, -0.15) is 0 Å². The van der Waals surface area contributed by atoms with E-state index in [9.17, 15) is 0 Å². The Morgan fingerprint density at radius 3 is 2.64 bits per heavy atom. The summed E-state index contributed by atoms with van der Waals surface area (Å²) in [6.45, 7) is 6.21. The van der Waals surface area contributed by atoms with Gasteiger partial charge in [0.2, 0.25) is 0 Å². The normalized spacial score (nSPS) is 35.1. The molecule has 64 valence electrons. The van der Waals surface area contributed by atoms with Gasteiger partial charge in [-0.05, 0) is 27.2 Å². The van der Waals surface area contributed by atoms with Crippen molar-refractivity contribution >= 4 is 0 Å². The fraction of sp³-hybridized carbons (Fsp3) is 0.778. The Balaban J connectivity index is 2.29. The molecule has 1 fully saturated rings. The van der Waals surface area contributed by atoms with Crippen molar-refractivity contribution in [1.29, 1.82) is 0 Å². The molecule has 2 unspecified atom stereocenters. The van der Waals surface area contributed by atoms with Gasteiger partial charge in [0.25, 0.3) is 0 Å². The van der Waals surface area contributed by atoms with Crippen LogP contribution in [0.2, 0.25) is 0 Å². The molecule has 0 bridgehead atoms. The first-order valence-corrected chi connectivity index (χ1v) is 4.00. The Morgan fingerprint density at radius 1 is 1.64 bits per heavy atom. The summed E-state index contributed by atoms with van der Waals surface area (Å²) in [5.41, 5.74) is 1.06. The first-order chi connectivity index (χ1) is 5.08. The maximum atomic E-state index is 8.86. The average Bonchev–Trinajstić information content (AvgIpc) is 2.59. The number of hydrogen-bond donors (Lipinski definition) is 1. The zero-order valence-corrected chi connectivity index (χ0v) is 7.42. The molecule has 0 aromatic rings. The lowest BCUT2D eigenvalue weighted by atomic mass is 10.1. The van der Waals surface area contributed by atoms with Crippen molar-refractivity contribution in [2.75, 3.05) is 6.61 Å². The van der Waals surface area contributed by atoms with Crippen LogP contribution in [0.15, 0.2) is 11.6 Å². The second kappa shape index (κ2) is 2.95. The smallest absolute Gasteiger partial charge is 0.115 e. The van der Waals surface area contributed by atoms with Crippen LogP contribution in [0.25, 0.3) is 0 Å². The van der Waals surface area contributed by atoms with Gasteiger partial charge in [0.05, 0.1) is 12.7 Å². The number of rotatable bonds is 3. The second-order valence-electron chi connectivity index (χ2n) is 3.59. The molecule has 0 saturated carbocycles. The summed E-state index contributed by atoms with van der Waals surface area (Å²) >= 11 is 0. The molecule has 11 heavy (non-hydrogen) atoms. The Hall–Kier alpha value is -0.340. The van der Waals surface area contributed by atoms with E-state index < -0.39 is 0 Å². The third-order valence-electron chi connectivity index (χ3n) is 2.09. The molecule has 1 rings (SSSR count). The van der Waals surface area contributed by atoms with E-state index in [0.717, 1.165) is 6.42 Å². The summed E-state index contributed by atoms with van der Waals surface area (Å²) in [5, 5.41) is 8.86. The standard InChI is InChI=1S/C9H16O2/c1-7(2)4-5-8-9(3,6-10)11-8/h4,8,10H,5-6H2,1-3H3. The molecular weight excluding hydrogens is 140 g/mol. The van der Waals surface area contributed by atoms with E-state index >= 15 is 0 Å². The summed E-state index contributed by atoms with van der Waals surface area (Å²) in [7, 11) is 0. The molecule has 1 aliphatic heterocycles. The zero-order chi connectivity index (χ0) is 8.48. The number of ether oxygens (including phenoxy) is 1. The van der Waals surface area contributed by atoms with E-state index in [0.29, 0.717) is 0 Å². The van der Waals surface area contributed by atoms with Crippen molar-refractivity contribution in [3.63, 3.8) is 0 Å². The van der Waals surface area contributed by atoms with Crippen molar-refractivity contribution in [3.8, 4) is 0 Å². The fourth-order valence-electron chi connectivity index (χ4n) is 1.07. The maximum Gasteiger partial charge on any atom is 0.115 e. The van der Waals surface area contributed by atoms with Gasteiger partial charge in [0.1, 0.15) is 5.60 Å². The summed E-state index contributed by atoms with van der Waals surface area (Å²) in [5.74, 6) is 0. The minimum Gasteiger partial charge on any atom is -0.393 e. The highest BCUT2D eigenvalue weighted by molar-refractivity contribution is 5.05. The summed E-state index contributed by atoms with van der Waals surface area (Å²) in [6.07, 6.45) is 3.31. The third-order valence-corrected chi connectivity index (χ3v) is 2.09.